The van der Waals surface area contributed by atoms with Crippen LogP contribution in [0.5, 0.6) is 0 Å². The highest BCUT2D eigenvalue weighted by Gasteiger charge is 2.44. The largest absolute Gasteiger partial charge is 0.368 e. The van der Waals surface area contributed by atoms with Gasteiger partial charge in [0.15, 0.2) is 0 Å². The Bertz CT molecular complexity index is 1050. The molecule has 2 amide bonds. The highest BCUT2D eigenvalue weighted by molar-refractivity contribution is 5.82. The molecule has 3 saturated heterocycles. The summed E-state index contributed by atoms with van der Waals surface area (Å²) < 4.78 is 19.4. The first-order valence-electron chi connectivity index (χ1n) is 12.6. The van der Waals surface area contributed by atoms with Gasteiger partial charge < -0.3 is 15.0 Å². The van der Waals surface area contributed by atoms with Gasteiger partial charge in [0.1, 0.15) is 11.9 Å². The number of ether oxygens (including phenoxy) is 1. The predicted molar refractivity (Wildman–Crippen MR) is 128 cm³/mol. The summed E-state index contributed by atoms with van der Waals surface area (Å²) in [4.78, 5) is 28.3. The van der Waals surface area contributed by atoms with E-state index in [4.69, 9.17) is 4.74 Å². The van der Waals surface area contributed by atoms with Gasteiger partial charge in [-0.05, 0) is 73.8 Å². The lowest BCUT2D eigenvalue weighted by molar-refractivity contribution is -0.149. The standard InChI is InChI=1S/C28H33FN2O3/c1-18-10-11-23-12-13-24(30-27(32)26-9-4-14-34-26)25(31(23)28(18)33)16-19-5-2-6-20(15-19)21-7-3-8-22(29)17-21/h2-3,5-8,15,17-18,23-26H,4,9-14,16H2,1H3,(H,30,32)/t18?,23?,24?,25?,26-/m0/s1. The number of fused-ring (bicyclic) bond motifs is 1. The fourth-order valence-electron chi connectivity index (χ4n) is 5.87. The molecule has 0 radical (unpaired) electrons. The van der Waals surface area contributed by atoms with Crippen LogP contribution in [0.2, 0.25) is 0 Å². The van der Waals surface area contributed by atoms with Gasteiger partial charge in [-0.1, -0.05) is 43.3 Å². The van der Waals surface area contributed by atoms with Gasteiger partial charge in [0.05, 0.1) is 6.04 Å². The van der Waals surface area contributed by atoms with Crippen molar-refractivity contribution in [3.05, 3.63) is 59.9 Å². The monoisotopic (exact) mass is 464 g/mol. The van der Waals surface area contributed by atoms with Crippen molar-refractivity contribution in [1.29, 1.82) is 0 Å². The van der Waals surface area contributed by atoms with Gasteiger partial charge in [0, 0.05) is 24.6 Å². The van der Waals surface area contributed by atoms with E-state index >= 15 is 0 Å². The van der Waals surface area contributed by atoms with Crippen molar-refractivity contribution in [2.45, 2.75) is 76.1 Å². The predicted octanol–water partition coefficient (Wildman–Crippen LogP) is 4.49. The summed E-state index contributed by atoms with van der Waals surface area (Å²) in [5.41, 5.74) is 2.85. The zero-order valence-corrected chi connectivity index (χ0v) is 19.7. The van der Waals surface area contributed by atoms with Crippen molar-refractivity contribution in [1.82, 2.24) is 10.2 Å². The number of carbonyl (C=O) groups is 2. The molecule has 5 nitrogen and oxygen atoms in total. The number of hydrogen-bond donors (Lipinski definition) is 1. The molecule has 1 N–H and O–H groups in total. The molecule has 0 bridgehead atoms. The van der Waals surface area contributed by atoms with Crippen LogP contribution in [0, 0.1) is 11.7 Å². The maximum absolute atomic E-state index is 13.8. The lowest BCUT2D eigenvalue weighted by Gasteiger charge is -2.50. The second-order valence-corrected chi connectivity index (χ2v) is 10.1. The molecule has 180 valence electrons. The molecule has 0 saturated carbocycles. The molecule has 2 aromatic rings. The molecule has 4 unspecified atom stereocenters. The molecule has 3 fully saturated rings. The molecule has 5 rings (SSSR count). The fourth-order valence-corrected chi connectivity index (χ4v) is 5.87. The first-order valence-corrected chi connectivity index (χ1v) is 12.6. The van der Waals surface area contributed by atoms with Crippen LogP contribution in [0.1, 0.15) is 51.0 Å². The van der Waals surface area contributed by atoms with Crippen LogP contribution in [-0.2, 0) is 20.7 Å². The number of amides is 2. The van der Waals surface area contributed by atoms with Crippen molar-refractivity contribution in [2.75, 3.05) is 6.61 Å². The average Bonchev–Trinajstić information content (AvgIpc) is 3.38. The molecule has 3 heterocycles. The van der Waals surface area contributed by atoms with Crippen LogP contribution in [0.25, 0.3) is 11.1 Å². The van der Waals surface area contributed by atoms with Gasteiger partial charge in [-0.3, -0.25) is 9.59 Å². The normalized spacial score (nSPS) is 29.1. The summed E-state index contributed by atoms with van der Waals surface area (Å²) in [6.07, 6.45) is 5.63. The number of hydrogen-bond acceptors (Lipinski definition) is 3. The molecule has 0 aromatic heterocycles. The Morgan fingerprint density at radius 3 is 2.59 bits per heavy atom. The Hall–Kier alpha value is -2.73. The zero-order valence-electron chi connectivity index (χ0n) is 19.7. The van der Waals surface area contributed by atoms with E-state index in [0.717, 1.165) is 55.2 Å². The third-order valence-electron chi connectivity index (χ3n) is 7.71. The minimum absolute atomic E-state index is 0.00463. The van der Waals surface area contributed by atoms with Crippen molar-refractivity contribution < 1.29 is 18.7 Å². The Kier molecular flexibility index (Phi) is 6.68. The highest BCUT2D eigenvalue weighted by atomic mass is 19.1. The van der Waals surface area contributed by atoms with E-state index in [1.807, 2.05) is 25.1 Å². The first-order chi connectivity index (χ1) is 16.5. The summed E-state index contributed by atoms with van der Waals surface area (Å²) >= 11 is 0. The van der Waals surface area contributed by atoms with Crippen LogP contribution in [0.3, 0.4) is 0 Å². The molecule has 5 atom stereocenters. The van der Waals surface area contributed by atoms with Crippen molar-refractivity contribution >= 4 is 11.8 Å². The summed E-state index contributed by atoms with van der Waals surface area (Å²) in [6.45, 7) is 2.64. The Morgan fingerprint density at radius 2 is 1.82 bits per heavy atom. The van der Waals surface area contributed by atoms with Gasteiger partial charge in [-0.15, -0.1) is 0 Å². The Morgan fingerprint density at radius 1 is 1.06 bits per heavy atom. The van der Waals surface area contributed by atoms with Gasteiger partial charge in [-0.25, -0.2) is 4.39 Å². The quantitative estimate of drug-likeness (QED) is 0.710. The topological polar surface area (TPSA) is 58.6 Å². The average molecular weight is 465 g/mol. The van der Waals surface area contributed by atoms with Crippen LogP contribution < -0.4 is 5.32 Å². The molecule has 2 aromatic carbocycles. The van der Waals surface area contributed by atoms with Gasteiger partial charge in [-0.2, -0.15) is 0 Å². The van der Waals surface area contributed by atoms with Crippen molar-refractivity contribution in [3.63, 3.8) is 0 Å². The highest BCUT2D eigenvalue weighted by Crippen LogP contribution is 2.35. The van der Waals surface area contributed by atoms with E-state index in [0.29, 0.717) is 13.0 Å². The second kappa shape index (κ2) is 9.87. The van der Waals surface area contributed by atoms with E-state index in [1.54, 1.807) is 6.07 Å². The minimum Gasteiger partial charge on any atom is -0.368 e. The molecule has 3 aliphatic rings. The van der Waals surface area contributed by atoms with Gasteiger partial charge in [0.2, 0.25) is 11.8 Å². The maximum Gasteiger partial charge on any atom is 0.249 e. The third kappa shape index (κ3) is 4.74. The molecule has 6 heteroatoms. The molecule has 34 heavy (non-hydrogen) atoms. The van der Waals surface area contributed by atoms with Crippen molar-refractivity contribution in [2.24, 2.45) is 5.92 Å². The van der Waals surface area contributed by atoms with E-state index < -0.39 is 0 Å². The minimum atomic E-state index is -0.384. The third-order valence-corrected chi connectivity index (χ3v) is 7.71. The van der Waals surface area contributed by atoms with Crippen LogP contribution >= 0.6 is 0 Å². The summed E-state index contributed by atoms with van der Waals surface area (Å²) in [6, 6.07) is 14.7. The van der Waals surface area contributed by atoms with E-state index in [-0.39, 0.29) is 47.8 Å². The maximum atomic E-state index is 13.8. The first kappa shape index (κ1) is 23.0. The number of rotatable bonds is 5. The van der Waals surface area contributed by atoms with E-state index in [9.17, 15) is 14.0 Å². The van der Waals surface area contributed by atoms with E-state index in [1.165, 1.54) is 12.1 Å². The zero-order chi connectivity index (χ0) is 23.7. The second-order valence-electron chi connectivity index (χ2n) is 10.1. The molecular weight excluding hydrogens is 431 g/mol. The van der Waals surface area contributed by atoms with Crippen LogP contribution in [0.15, 0.2) is 48.5 Å². The number of carbonyl (C=O) groups excluding carboxylic acids is 2. The van der Waals surface area contributed by atoms with Gasteiger partial charge >= 0.3 is 0 Å². The summed E-state index contributed by atoms with van der Waals surface area (Å²) in [5.74, 6) is -0.122. The van der Waals surface area contributed by atoms with E-state index in [2.05, 4.69) is 22.3 Å². The SMILES string of the molecule is CC1CCC2CCC(NC(=O)[C@@H]3CCCO3)C(Cc3cccc(-c4cccc(F)c4)c3)N2C1=O. The number of nitrogens with one attached hydrogen (secondary N) is 1. The number of nitrogens with zero attached hydrogens (tertiary/aromatic N) is 1. The Labute approximate surface area is 200 Å². The summed E-state index contributed by atoms with van der Waals surface area (Å²) in [5, 5.41) is 3.25. The fraction of sp³-hybridized carbons (Fsp3) is 0.500. The van der Waals surface area contributed by atoms with Crippen LogP contribution in [0.4, 0.5) is 4.39 Å². The van der Waals surface area contributed by atoms with Crippen LogP contribution in [-0.4, -0.2) is 47.6 Å². The molecule has 0 aliphatic carbocycles. The lowest BCUT2D eigenvalue weighted by Crippen LogP contribution is -2.64. The number of benzene rings is 2. The molecule has 0 spiro atoms. The lowest BCUT2D eigenvalue weighted by atomic mass is 9.80. The van der Waals surface area contributed by atoms with Crippen molar-refractivity contribution in [3.8, 4) is 11.1 Å². The molecule has 3 aliphatic heterocycles. The number of piperidine rings is 2. The summed E-state index contributed by atoms with van der Waals surface area (Å²) in [7, 11) is 0. The van der Waals surface area contributed by atoms with Gasteiger partial charge in [0.25, 0.3) is 0 Å². The molecular formula is C28H33FN2O3. The number of halogens is 1. The smallest absolute Gasteiger partial charge is 0.249 e. The Balaban J connectivity index is 1.42.